The zero-order valence-corrected chi connectivity index (χ0v) is 9.86. The van der Waals surface area contributed by atoms with Gasteiger partial charge in [-0.05, 0) is 36.0 Å². The van der Waals surface area contributed by atoms with Crippen molar-refractivity contribution in [3.63, 3.8) is 0 Å². The summed E-state index contributed by atoms with van der Waals surface area (Å²) >= 11 is 1.05. The summed E-state index contributed by atoms with van der Waals surface area (Å²) in [5.74, 6) is -0.397. The number of aromatic nitrogens is 3. The van der Waals surface area contributed by atoms with Crippen molar-refractivity contribution in [2.24, 2.45) is 0 Å². The molecular weight excluding hydrogens is 252 g/mol. The zero-order chi connectivity index (χ0) is 13.0. The van der Waals surface area contributed by atoms with Crippen LogP contribution in [0.25, 0.3) is 0 Å². The smallest absolute Gasteiger partial charge is 0.280 e. The van der Waals surface area contributed by atoms with E-state index >= 15 is 0 Å². The van der Waals surface area contributed by atoms with Crippen molar-refractivity contribution in [1.29, 1.82) is 5.26 Å². The van der Waals surface area contributed by atoms with E-state index in [0.717, 1.165) is 16.7 Å². The molecule has 0 fully saturated rings. The Balaban J connectivity index is 2.08. The van der Waals surface area contributed by atoms with E-state index in [2.05, 4.69) is 20.7 Å². The average Bonchev–Trinajstić information content (AvgIpc) is 2.78. The average molecular weight is 260 g/mol. The third-order valence-corrected chi connectivity index (χ3v) is 2.66. The van der Waals surface area contributed by atoms with Gasteiger partial charge in [-0.1, -0.05) is 0 Å². The highest BCUT2D eigenvalue weighted by molar-refractivity contribution is 8.03. The second-order valence-electron chi connectivity index (χ2n) is 3.23. The maximum atomic E-state index is 11.7. The van der Waals surface area contributed by atoms with E-state index in [-0.39, 0.29) is 11.5 Å². The number of carbonyl (C=O) groups is 1. The Bertz CT molecular complexity index is 600. The molecule has 0 unspecified atom stereocenters. The molecule has 1 aromatic heterocycles. The molecule has 8 heteroatoms. The van der Waals surface area contributed by atoms with Crippen LogP contribution in [-0.2, 0) is 0 Å². The van der Waals surface area contributed by atoms with E-state index < -0.39 is 5.91 Å². The van der Waals surface area contributed by atoms with Crippen molar-refractivity contribution in [3.05, 3.63) is 30.0 Å². The van der Waals surface area contributed by atoms with E-state index in [1.165, 1.54) is 0 Å². The highest BCUT2D eigenvalue weighted by atomic mass is 32.2. The van der Waals surface area contributed by atoms with Crippen LogP contribution >= 0.6 is 11.8 Å². The highest BCUT2D eigenvalue weighted by Crippen LogP contribution is 2.19. The van der Waals surface area contributed by atoms with Gasteiger partial charge in [-0.15, -0.1) is 10.2 Å². The summed E-state index contributed by atoms with van der Waals surface area (Å²) in [5, 5.41) is 22.5. The largest absolute Gasteiger partial charge is 0.380 e. The lowest BCUT2D eigenvalue weighted by Gasteiger charge is -2.03. The van der Waals surface area contributed by atoms with Gasteiger partial charge in [0.25, 0.3) is 5.91 Å². The van der Waals surface area contributed by atoms with Crippen LogP contribution in [0.3, 0.4) is 0 Å². The number of thioether (sulfide) groups is 1. The molecule has 1 heterocycles. The lowest BCUT2D eigenvalue weighted by Crippen LogP contribution is -2.14. The van der Waals surface area contributed by atoms with Gasteiger partial charge in [-0.3, -0.25) is 4.79 Å². The molecule has 0 saturated heterocycles. The lowest BCUT2D eigenvalue weighted by atomic mass is 10.3. The summed E-state index contributed by atoms with van der Waals surface area (Å²) in [6.07, 6.45) is 0. The van der Waals surface area contributed by atoms with Crippen LogP contribution in [0.4, 0.5) is 11.5 Å². The van der Waals surface area contributed by atoms with Crippen molar-refractivity contribution >= 4 is 29.2 Å². The lowest BCUT2D eigenvalue weighted by molar-refractivity contribution is 0.102. The molecule has 0 bridgehead atoms. The van der Waals surface area contributed by atoms with Crippen LogP contribution in [0, 0.1) is 10.7 Å². The summed E-state index contributed by atoms with van der Waals surface area (Å²) in [7, 11) is 0. The molecule has 0 aliphatic heterocycles. The number of nitrogen functional groups attached to an aromatic ring is 1. The SMILES string of the molecule is N#CSc1ccc(NC(=O)c2n[nH]nc2N)cc1. The van der Waals surface area contributed by atoms with Crippen LogP contribution in [0.15, 0.2) is 29.2 Å². The number of aromatic amines is 1. The van der Waals surface area contributed by atoms with E-state index in [4.69, 9.17) is 11.0 Å². The molecule has 1 amide bonds. The Morgan fingerprint density at radius 3 is 2.67 bits per heavy atom. The maximum absolute atomic E-state index is 11.7. The van der Waals surface area contributed by atoms with Crippen LogP contribution < -0.4 is 11.1 Å². The number of nitriles is 1. The number of anilines is 2. The number of rotatable bonds is 3. The van der Waals surface area contributed by atoms with Crippen molar-refractivity contribution in [1.82, 2.24) is 15.4 Å². The molecule has 90 valence electrons. The summed E-state index contributed by atoms with van der Waals surface area (Å²) < 4.78 is 0. The van der Waals surface area contributed by atoms with Crippen LogP contribution in [0.1, 0.15) is 10.5 Å². The minimum absolute atomic E-state index is 0.0455. The molecule has 0 aliphatic carbocycles. The van der Waals surface area contributed by atoms with Gasteiger partial charge in [0.05, 0.1) is 0 Å². The van der Waals surface area contributed by atoms with Crippen molar-refractivity contribution < 1.29 is 4.79 Å². The summed E-state index contributed by atoms with van der Waals surface area (Å²) in [6.45, 7) is 0. The second-order valence-corrected chi connectivity index (χ2v) is 4.09. The van der Waals surface area contributed by atoms with E-state index in [1.54, 1.807) is 24.3 Å². The molecule has 0 radical (unpaired) electrons. The molecule has 0 atom stereocenters. The van der Waals surface area contributed by atoms with Gasteiger partial charge in [0.15, 0.2) is 11.5 Å². The summed E-state index contributed by atoms with van der Waals surface area (Å²) in [6, 6.07) is 6.84. The first-order valence-corrected chi connectivity index (χ1v) is 5.66. The van der Waals surface area contributed by atoms with E-state index in [9.17, 15) is 4.79 Å². The first-order chi connectivity index (χ1) is 8.70. The van der Waals surface area contributed by atoms with Gasteiger partial charge in [-0.2, -0.15) is 10.5 Å². The predicted molar refractivity (Wildman–Crippen MR) is 66.7 cm³/mol. The molecule has 4 N–H and O–H groups in total. The second kappa shape index (κ2) is 5.20. The summed E-state index contributed by atoms with van der Waals surface area (Å²) in [4.78, 5) is 12.5. The number of H-pyrrole nitrogens is 1. The first kappa shape index (κ1) is 11.9. The fourth-order valence-electron chi connectivity index (χ4n) is 1.26. The third-order valence-electron chi connectivity index (χ3n) is 2.07. The highest BCUT2D eigenvalue weighted by Gasteiger charge is 2.13. The number of carbonyl (C=O) groups excluding carboxylic acids is 1. The minimum Gasteiger partial charge on any atom is -0.380 e. The van der Waals surface area contributed by atoms with E-state index in [0.29, 0.717) is 5.69 Å². The Labute approximate surface area is 106 Å². The zero-order valence-electron chi connectivity index (χ0n) is 9.04. The standard InChI is InChI=1S/C10H8N6OS/c11-5-18-7-3-1-6(2-4-7)13-10(17)8-9(12)15-16-14-8/h1-4H,(H,13,17)(H3,12,14,15,16). The monoisotopic (exact) mass is 260 g/mol. The Morgan fingerprint density at radius 2 is 2.11 bits per heavy atom. The molecule has 18 heavy (non-hydrogen) atoms. The van der Waals surface area contributed by atoms with Gasteiger partial charge in [0.1, 0.15) is 5.40 Å². The van der Waals surface area contributed by atoms with E-state index in [1.807, 2.05) is 5.40 Å². The molecule has 0 aliphatic rings. The molecule has 2 rings (SSSR count). The molecule has 0 saturated carbocycles. The molecule has 0 spiro atoms. The molecule has 7 nitrogen and oxygen atoms in total. The Morgan fingerprint density at radius 1 is 1.39 bits per heavy atom. The van der Waals surface area contributed by atoms with Gasteiger partial charge in [-0.25, -0.2) is 0 Å². The predicted octanol–water partition coefficient (Wildman–Crippen LogP) is 1.21. The first-order valence-electron chi connectivity index (χ1n) is 4.84. The fourth-order valence-corrected chi connectivity index (χ4v) is 1.63. The quantitative estimate of drug-likeness (QED) is 0.563. The number of hydrogen-bond acceptors (Lipinski definition) is 6. The number of hydrogen-bond donors (Lipinski definition) is 3. The third kappa shape index (κ3) is 2.58. The molecule has 2 aromatic rings. The molecular formula is C10H8N6OS. The number of nitrogens with zero attached hydrogens (tertiary/aromatic N) is 3. The number of amides is 1. The minimum atomic E-state index is -0.443. The van der Waals surface area contributed by atoms with Gasteiger partial charge in [0, 0.05) is 10.6 Å². The van der Waals surface area contributed by atoms with Gasteiger partial charge >= 0.3 is 0 Å². The molecule has 1 aromatic carbocycles. The Kier molecular flexibility index (Phi) is 3.45. The Hall–Kier alpha value is -2.53. The van der Waals surface area contributed by atoms with Crippen LogP contribution in [0.2, 0.25) is 0 Å². The van der Waals surface area contributed by atoms with Gasteiger partial charge in [0.2, 0.25) is 0 Å². The number of nitrogens with one attached hydrogen (secondary N) is 2. The van der Waals surface area contributed by atoms with Crippen molar-refractivity contribution in [2.75, 3.05) is 11.1 Å². The van der Waals surface area contributed by atoms with Crippen molar-refractivity contribution in [3.8, 4) is 5.40 Å². The number of thiocyanates is 1. The van der Waals surface area contributed by atoms with Crippen molar-refractivity contribution in [2.45, 2.75) is 4.90 Å². The maximum Gasteiger partial charge on any atom is 0.280 e. The van der Waals surface area contributed by atoms with Gasteiger partial charge < -0.3 is 11.1 Å². The number of benzene rings is 1. The summed E-state index contributed by atoms with van der Waals surface area (Å²) in [5.41, 5.74) is 6.09. The van der Waals surface area contributed by atoms with Crippen LogP contribution in [0.5, 0.6) is 0 Å². The number of nitrogens with two attached hydrogens (primary N) is 1. The van der Waals surface area contributed by atoms with Crippen LogP contribution in [-0.4, -0.2) is 21.3 Å². The topological polar surface area (TPSA) is 120 Å². The normalized spacial score (nSPS) is 9.72. The fraction of sp³-hybridized carbons (Fsp3) is 0.